The first-order chi connectivity index (χ1) is 20.1. The molecule has 0 aliphatic carbocycles. The fourth-order valence-electron chi connectivity index (χ4n) is 5.12. The van der Waals surface area contributed by atoms with Gasteiger partial charge in [0.15, 0.2) is 6.61 Å². The molecule has 0 saturated carbocycles. The summed E-state index contributed by atoms with van der Waals surface area (Å²) in [6, 6.07) is 26.4. The maximum Gasteiger partial charge on any atom is 0.255 e. The summed E-state index contributed by atoms with van der Waals surface area (Å²) in [5.41, 5.74) is 5.62. The van der Waals surface area contributed by atoms with E-state index in [0.717, 1.165) is 69.2 Å². The second-order valence-electron chi connectivity index (χ2n) is 10.2. The molecule has 4 aromatic carbocycles. The van der Waals surface area contributed by atoms with Crippen LogP contribution in [-0.2, 0) is 19.6 Å². The third kappa shape index (κ3) is 5.54. The molecule has 0 radical (unpaired) electrons. The van der Waals surface area contributed by atoms with E-state index in [9.17, 15) is 4.79 Å². The first kappa shape index (κ1) is 26.3. The molecule has 0 aliphatic heterocycles. The SMILES string of the molecule is CCCCc1oc2ccccc2c1C(=O)NCc1ccc2c(-c3ccc(C)cc3)c(OCc3nn[nH]n3)ccc2c1. The van der Waals surface area contributed by atoms with E-state index in [-0.39, 0.29) is 12.5 Å². The number of hydrogen-bond acceptors (Lipinski definition) is 6. The standard InChI is InChI=1S/C33H31N5O3/c1-3-4-8-29-32(26-7-5-6-9-27(26)41-29)33(39)34-19-22-12-16-25-24(18-22)15-17-28(40-20-30-35-37-38-36-30)31(25)23-13-10-21(2)11-14-23/h5-7,9-18H,3-4,8,19-20H2,1-2H3,(H,34,39)(H,35,36,37,38). The molecule has 0 unspecified atom stereocenters. The minimum Gasteiger partial charge on any atom is -0.485 e. The smallest absolute Gasteiger partial charge is 0.255 e. The fraction of sp³-hybridized carbons (Fsp3) is 0.212. The van der Waals surface area contributed by atoms with Crippen molar-refractivity contribution in [2.45, 2.75) is 46.3 Å². The molecule has 0 spiro atoms. The van der Waals surface area contributed by atoms with Crippen LogP contribution in [0.2, 0.25) is 0 Å². The first-order valence-corrected chi connectivity index (χ1v) is 13.9. The van der Waals surface area contributed by atoms with Crippen molar-refractivity contribution in [3.05, 3.63) is 107 Å². The Morgan fingerprint density at radius 3 is 2.66 bits per heavy atom. The number of ether oxygens (including phenoxy) is 1. The molecule has 41 heavy (non-hydrogen) atoms. The average molecular weight is 546 g/mol. The largest absolute Gasteiger partial charge is 0.485 e. The van der Waals surface area contributed by atoms with Gasteiger partial charge in [0, 0.05) is 23.9 Å². The number of H-pyrrole nitrogens is 1. The summed E-state index contributed by atoms with van der Waals surface area (Å²) in [4.78, 5) is 13.4. The van der Waals surface area contributed by atoms with Crippen molar-refractivity contribution < 1.29 is 13.9 Å². The van der Waals surface area contributed by atoms with E-state index >= 15 is 0 Å². The maximum atomic E-state index is 13.4. The molecule has 0 fully saturated rings. The van der Waals surface area contributed by atoms with E-state index in [1.165, 1.54) is 5.56 Å². The summed E-state index contributed by atoms with van der Waals surface area (Å²) < 4.78 is 12.2. The van der Waals surface area contributed by atoms with Gasteiger partial charge in [-0.1, -0.05) is 84.8 Å². The Hall–Kier alpha value is -4.98. The van der Waals surface area contributed by atoms with Gasteiger partial charge >= 0.3 is 0 Å². The molecule has 8 nitrogen and oxygen atoms in total. The zero-order chi connectivity index (χ0) is 28.2. The van der Waals surface area contributed by atoms with Gasteiger partial charge in [0.25, 0.3) is 5.91 Å². The number of nitrogens with zero attached hydrogens (tertiary/aromatic N) is 3. The second kappa shape index (κ2) is 11.6. The van der Waals surface area contributed by atoms with Gasteiger partial charge in [0.1, 0.15) is 17.1 Å². The maximum absolute atomic E-state index is 13.4. The molecule has 2 aromatic heterocycles. The van der Waals surface area contributed by atoms with Gasteiger partial charge < -0.3 is 14.5 Å². The Bertz CT molecular complexity index is 1810. The second-order valence-corrected chi connectivity index (χ2v) is 10.2. The van der Waals surface area contributed by atoms with Gasteiger partial charge in [-0.15, -0.1) is 10.2 Å². The minimum atomic E-state index is -0.119. The number of unbranched alkanes of at least 4 members (excludes halogenated alkanes) is 1. The van der Waals surface area contributed by atoms with Crippen molar-refractivity contribution in [2.24, 2.45) is 0 Å². The van der Waals surface area contributed by atoms with E-state index in [2.05, 4.69) is 82.3 Å². The number of aryl methyl sites for hydroxylation is 2. The molecule has 6 aromatic rings. The van der Waals surface area contributed by atoms with Crippen molar-refractivity contribution in [1.82, 2.24) is 25.9 Å². The molecule has 0 bridgehead atoms. The summed E-state index contributed by atoms with van der Waals surface area (Å²) in [7, 11) is 0. The summed E-state index contributed by atoms with van der Waals surface area (Å²) in [5.74, 6) is 1.85. The van der Waals surface area contributed by atoms with Gasteiger partial charge in [0.05, 0.1) is 5.56 Å². The number of furan rings is 1. The highest BCUT2D eigenvalue weighted by atomic mass is 16.5. The van der Waals surface area contributed by atoms with Gasteiger partial charge in [0.2, 0.25) is 5.82 Å². The quantitative estimate of drug-likeness (QED) is 0.193. The zero-order valence-electron chi connectivity index (χ0n) is 23.1. The van der Waals surface area contributed by atoms with Gasteiger partial charge in [-0.25, -0.2) is 0 Å². The number of para-hydroxylation sites is 1. The fourth-order valence-corrected chi connectivity index (χ4v) is 5.12. The van der Waals surface area contributed by atoms with Crippen LogP contribution in [0.25, 0.3) is 32.9 Å². The lowest BCUT2D eigenvalue weighted by Crippen LogP contribution is -2.23. The van der Waals surface area contributed by atoms with Crippen molar-refractivity contribution >= 4 is 27.6 Å². The molecule has 206 valence electrons. The highest BCUT2D eigenvalue weighted by molar-refractivity contribution is 6.07. The molecular formula is C33H31N5O3. The minimum absolute atomic E-state index is 0.119. The van der Waals surface area contributed by atoms with E-state index in [0.29, 0.717) is 17.9 Å². The van der Waals surface area contributed by atoms with Gasteiger partial charge in [-0.3, -0.25) is 4.79 Å². The third-order valence-electron chi connectivity index (χ3n) is 7.24. The molecular weight excluding hydrogens is 514 g/mol. The number of rotatable bonds is 10. The van der Waals surface area contributed by atoms with Gasteiger partial charge in [-0.2, -0.15) is 5.21 Å². The van der Waals surface area contributed by atoms with Crippen LogP contribution in [0, 0.1) is 6.92 Å². The Balaban J connectivity index is 1.28. The molecule has 6 rings (SSSR count). The van der Waals surface area contributed by atoms with Crippen molar-refractivity contribution in [2.75, 3.05) is 0 Å². The number of aromatic amines is 1. The number of nitrogens with one attached hydrogen (secondary N) is 2. The summed E-state index contributed by atoms with van der Waals surface area (Å²) >= 11 is 0. The molecule has 0 atom stereocenters. The summed E-state index contributed by atoms with van der Waals surface area (Å²) in [5, 5.41) is 20.1. The highest BCUT2D eigenvalue weighted by Gasteiger charge is 2.20. The molecule has 8 heteroatoms. The van der Waals surface area contributed by atoms with E-state index in [1.807, 2.05) is 36.4 Å². The molecule has 2 N–H and O–H groups in total. The number of carbonyl (C=O) groups is 1. The number of tetrazole rings is 1. The number of benzene rings is 4. The Morgan fingerprint density at radius 1 is 1.00 bits per heavy atom. The number of carbonyl (C=O) groups excluding carboxylic acids is 1. The third-order valence-corrected chi connectivity index (χ3v) is 7.24. The number of fused-ring (bicyclic) bond motifs is 2. The predicted octanol–water partition coefficient (Wildman–Crippen LogP) is 6.93. The van der Waals surface area contributed by atoms with Crippen LogP contribution in [0.1, 0.15) is 52.8 Å². The Labute approximate surface area is 237 Å². The van der Waals surface area contributed by atoms with Crippen molar-refractivity contribution in [3.8, 4) is 16.9 Å². The Morgan fingerprint density at radius 2 is 1.85 bits per heavy atom. The first-order valence-electron chi connectivity index (χ1n) is 13.9. The lowest BCUT2D eigenvalue weighted by molar-refractivity contribution is 0.0950. The number of hydrogen-bond donors (Lipinski definition) is 2. The van der Waals surface area contributed by atoms with Crippen LogP contribution in [0.4, 0.5) is 0 Å². The lowest BCUT2D eigenvalue weighted by atomic mass is 9.95. The van der Waals surface area contributed by atoms with Crippen LogP contribution in [0.15, 0.2) is 83.3 Å². The monoisotopic (exact) mass is 545 g/mol. The predicted molar refractivity (Wildman–Crippen MR) is 159 cm³/mol. The van der Waals surface area contributed by atoms with Crippen LogP contribution in [0.3, 0.4) is 0 Å². The molecule has 0 aliphatic rings. The number of amides is 1. The molecule has 2 heterocycles. The number of aromatic nitrogens is 4. The van der Waals surface area contributed by atoms with Crippen LogP contribution >= 0.6 is 0 Å². The van der Waals surface area contributed by atoms with E-state index in [4.69, 9.17) is 9.15 Å². The summed E-state index contributed by atoms with van der Waals surface area (Å²) in [6.07, 6.45) is 2.74. The van der Waals surface area contributed by atoms with Gasteiger partial charge in [-0.05, 0) is 53.4 Å². The van der Waals surface area contributed by atoms with Crippen LogP contribution in [-0.4, -0.2) is 26.5 Å². The average Bonchev–Trinajstić information content (AvgIpc) is 3.66. The van der Waals surface area contributed by atoms with Crippen LogP contribution in [0.5, 0.6) is 5.75 Å². The van der Waals surface area contributed by atoms with E-state index in [1.54, 1.807) is 0 Å². The Kier molecular flexibility index (Phi) is 7.45. The van der Waals surface area contributed by atoms with E-state index < -0.39 is 0 Å². The topological polar surface area (TPSA) is 106 Å². The zero-order valence-corrected chi connectivity index (χ0v) is 23.1. The molecule has 1 amide bonds. The summed E-state index contributed by atoms with van der Waals surface area (Å²) in [6.45, 7) is 4.81. The van der Waals surface area contributed by atoms with Crippen LogP contribution < -0.4 is 10.1 Å². The van der Waals surface area contributed by atoms with Crippen molar-refractivity contribution in [1.29, 1.82) is 0 Å². The van der Waals surface area contributed by atoms with Crippen molar-refractivity contribution in [3.63, 3.8) is 0 Å². The normalized spacial score (nSPS) is 11.3. The highest BCUT2D eigenvalue weighted by Crippen LogP contribution is 2.38. The lowest BCUT2D eigenvalue weighted by Gasteiger charge is -2.15. The molecule has 0 saturated heterocycles.